The number of aryl methyl sites for hydroxylation is 2. The molecule has 2 rings (SSSR count). The maximum atomic E-state index is 5.50. The third-order valence-corrected chi connectivity index (χ3v) is 4.52. The van der Waals surface area contributed by atoms with Crippen LogP contribution in [0.3, 0.4) is 0 Å². The van der Waals surface area contributed by atoms with Crippen LogP contribution in [0.25, 0.3) is 6.08 Å². The lowest BCUT2D eigenvalue weighted by Gasteiger charge is -2.09. The third kappa shape index (κ3) is 5.44. The Morgan fingerprint density at radius 3 is 2.43 bits per heavy atom. The molecule has 120 valence electrons. The van der Waals surface area contributed by atoms with Crippen LogP contribution in [0.4, 0.5) is 0 Å². The van der Waals surface area contributed by atoms with E-state index in [0.29, 0.717) is 0 Å². The van der Waals surface area contributed by atoms with Crippen molar-refractivity contribution in [2.24, 2.45) is 0 Å². The van der Waals surface area contributed by atoms with Gasteiger partial charge in [0.25, 0.3) is 0 Å². The lowest BCUT2D eigenvalue weighted by Crippen LogP contribution is -1.95. The van der Waals surface area contributed by atoms with Crippen LogP contribution in [0.15, 0.2) is 54.6 Å². The molecule has 1 heteroatoms. The summed E-state index contributed by atoms with van der Waals surface area (Å²) in [6.45, 7) is 4.49. The summed E-state index contributed by atoms with van der Waals surface area (Å²) < 4.78 is 0. The van der Waals surface area contributed by atoms with Gasteiger partial charge in [-0.25, -0.2) is 0 Å². The predicted molar refractivity (Wildman–Crippen MR) is 106 cm³/mol. The van der Waals surface area contributed by atoms with Gasteiger partial charge < -0.3 is 0 Å². The van der Waals surface area contributed by atoms with Crippen molar-refractivity contribution in [2.75, 3.05) is 0 Å². The molecule has 0 aliphatic heterocycles. The second-order valence-electron chi connectivity index (χ2n) is 5.90. The smallest absolute Gasteiger partial charge is 0.0449 e. The van der Waals surface area contributed by atoms with Crippen LogP contribution in [0.1, 0.15) is 55.4 Å². The van der Waals surface area contributed by atoms with E-state index in [1.54, 1.807) is 0 Å². The molecule has 0 aliphatic rings. The van der Waals surface area contributed by atoms with E-state index in [1.165, 1.54) is 42.4 Å². The Balaban J connectivity index is 2.11. The zero-order valence-electron chi connectivity index (χ0n) is 14.2. The Morgan fingerprint density at radius 2 is 1.74 bits per heavy atom. The van der Waals surface area contributed by atoms with Crippen molar-refractivity contribution in [2.45, 2.75) is 46.0 Å². The van der Waals surface area contributed by atoms with E-state index < -0.39 is 0 Å². The zero-order valence-corrected chi connectivity index (χ0v) is 15.0. The highest BCUT2D eigenvalue weighted by Gasteiger charge is 2.02. The fraction of sp³-hybridized carbons (Fsp3) is 0.318. The SMILES string of the molecule is CCCCCc1cc(C=CC(=S)c2ccccc2)ccc1CC. The molecule has 23 heavy (non-hydrogen) atoms. The summed E-state index contributed by atoms with van der Waals surface area (Å²) in [4.78, 5) is 0.887. The van der Waals surface area contributed by atoms with Crippen LogP contribution >= 0.6 is 12.2 Å². The van der Waals surface area contributed by atoms with E-state index in [2.05, 4.69) is 50.3 Å². The first-order chi connectivity index (χ1) is 11.2. The number of rotatable bonds is 8. The molecule has 0 spiro atoms. The Labute approximate surface area is 146 Å². The normalized spacial score (nSPS) is 11.0. The topological polar surface area (TPSA) is 0 Å². The molecule has 0 nitrogen and oxygen atoms in total. The number of hydrogen-bond donors (Lipinski definition) is 0. The molecule has 0 aliphatic carbocycles. The van der Waals surface area contributed by atoms with Gasteiger partial charge in [-0.05, 0) is 47.6 Å². The zero-order chi connectivity index (χ0) is 16.5. The molecule has 0 radical (unpaired) electrons. The summed E-state index contributed by atoms with van der Waals surface area (Å²) in [6.07, 6.45) is 10.3. The number of unbranched alkanes of at least 4 members (excludes halogenated alkanes) is 2. The first-order valence-electron chi connectivity index (χ1n) is 8.63. The molecule has 0 saturated carbocycles. The molecule has 0 amide bonds. The van der Waals surface area contributed by atoms with Gasteiger partial charge in [0.05, 0.1) is 0 Å². The van der Waals surface area contributed by atoms with Gasteiger partial charge in [0.15, 0.2) is 0 Å². The van der Waals surface area contributed by atoms with E-state index in [1.807, 2.05) is 24.3 Å². The summed E-state index contributed by atoms with van der Waals surface area (Å²) in [6, 6.07) is 17.0. The number of thiocarbonyl (C=S) groups is 1. The standard InChI is InChI=1S/C22H26S/c1-3-5-7-12-21-17-18(13-15-19(21)4-2)14-16-22(23)20-10-8-6-9-11-20/h6,8-11,13-17H,3-5,7,12H2,1-2H3. The van der Waals surface area contributed by atoms with E-state index in [0.717, 1.165) is 16.8 Å². The van der Waals surface area contributed by atoms with Crippen molar-refractivity contribution >= 4 is 23.2 Å². The fourth-order valence-electron chi connectivity index (χ4n) is 2.76. The lowest BCUT2D eigenvalue weighted by molar-refractivity contribution is 0.713. The van der Waals surface area contributed by atoms with Crippen LogP contribution < -0.4 is 0 Å². The van der Waals surface area contributed by atoms with Crippen LogP contribution in [0.5, 0.6) is 0 Å². The van der Waals surface area contributed by atoms with E-state index in [4.69, 9.17) is 12.2 Å². The van der Waals surface area contributed by atoms with Crippen molar-refractivity contribution < 1.29 is 0 Å². The van der Waals surface area contributed by atoms with Gasteiger partial charge in [-0.15, -0.1) is 0 Å². The second-order valence-corrected chi connectivity index (χ2v) is 6.34. The largest absolute Gasteiger partial charge is 0.0795 e. The van der Waals surface area contributed by atoms with Crippen LogP contribution in [-0.2, 0) is 12.8 Å². The van der Waals surface area contributed by atoms with E-state index in [-0.39, 0.29) is 0 Å². The Hall–Kier alpha value is -1.73. The minimum absolute atomic E-state index is 0.887. The number of benzene rings is 2. The minimum Gasteiger partial charge on any atom is -0.0795 e. The monoisotopic (exact) mass is 322 g/mol. The van der Waals surface area contributed by atoms with Crippen molar-refractivity contribution in [3.63, 3.8) is 0 Å². The van der Waals surface area contributed by atoms with Gasteiger partial charge in [-0.3, -0.25) is 0 Å². The van der Waals surface area contributed by atoms with Gasteiger partial charge >= 0.3 is 0 Å². The average molecular weight is 323 g/mol. The quantitative estimate of drug-likeness (QED) is 0.234. The Morgan fingerprint density at radius 1 is 0.957 bits per heavy atom. The van der Waals surface area contributed by atoms with Gasteiger partial charge in [-0.2, -0.15) is 0 Å². The van der Waals surface area contributed by atoms with Crippen LogP contribution in [0.2, 0.25) is 0 Å². The van der Waals surface area contributed by atoms with Gasteiger partial charge in [0, 0.05) is 4.86 Å². The third-order valence-electron chi connectivity index (χ3n) is 4.15. The first kappa shape index (κ1) is 17.6. The molecule has 0 atom stereocenters. The van der Waals surface area contributed by atoms with Crippen LogP contribution in [-0.4, -0.2) is 4.86 Å². The lowest BCUT2D eigenvalue weighted by atomic mass is 9.97. The summed E-state index contributed by atoms with van der Waals surface area (Å²) >= 11 is 5.50. The number of hydrogen-bond acceptors (Lipinski definition) is 1. The molecular weight excluding hydrogens is 296 g/mol. The van der Waals surface area contributed by atoms with Gasteiger partial charge in [-0.1, -0.05) is 93.5 Å². The molecule has 0 N–H and O–H groups in total. The van der Waals surface area contributed by atoms with Crippen molar-refractivity contribution in [1.82, 2.24) is 0 Å². The first-order valence-corrected chi connectivity index (χ1v) is 9.04. The van der Waals surface area contributed by atoms with Gasteiger partial charge in [0.1, 0.15) is 0 Å². The fourth-order valence-corrected chi connectivity index (χ4v) is 2.97. The Bertz CT molecular complexity index is 653. The predicted octanol–water partition coefficient (Wildman–Crippen LogP) is 6.41. The van der Waals surface area contributed by atoms with Gasteiger partial charge in [0.2, 0.25) is 0 Å². The average Bonchev–Trinajstić information content (AvgIpc) is 2.61. The summed E-state index contributed by atoms with van der Waals surface area (Å²) in [5.41, 5.74) is 5.32. The maximum Gasteiger partial charge on any atom is 0.0449 e. The maximum absolute atomic E-state index is 5.50. The molecule has 2 aromatic carbocycles. The highest BCUT2D eigenvalue weighted by Crippen LogP contribution is 2.17. The highest BCUT2D eigenvalue weighted by molar-refractivity contribution is 7.81. The van der Waals surface area contributed by atoms with Crippen LogP contribution in [0, 0.1) is 0 Å². The summed E-state index contributed by atoms with van der Waals surface area (Å²) in [5.74, 6) is 0. The highest BCUT2D eigenvalue weighted by atomic mass is 32.1. The van der Waals surface area contributed by atoms with Crippen molar-refractivity contribution in [3.8, 4) is 0 Å². The van der Waals surface area contributed by atoms with Crippen molar-refractivity contribution in [1.29, 1.82) is 0 Å². The minimum atomic E-state index is 0.887. The summed E-state index contributed by atoms with van der Waals surface area (Å²) in [7, 11) is 0. The van der Waals surface area contributed by atoms with Crippen molar-refractivity contribution in [3.05, 3.63) is 76.9 Å². The Kier molecular flexibility index (Phi) is 7.22. The molecule has 0 bridgehead atoms. The molecule has 0 aromatic heterocycles. The summed E-state index contributed by atoms with van der Waals surface area (Å²) in [5, 5.41) is 0. The molecule has 0 unspecified atom stereocenters. The molecule has 0 heterocycles. The molecular formula is C22H26S. The number of allylic oxidation sites excluding steroid dienone is 1. The molecule has 0 fully saturated rings. The second kappa shape index (κ2) is 9.42. The molecule has 2 aromatic rings. The van der Waals surface area contributed by atoms with E-state index in [9.17, 15) is 0 Å². The molecule has 0 saturated heterocycles. The van der Waals surface area contributed by atoms with E-state index >= 15 is 0 Å².